The fraction of sp³-hybridized carbons (Fsp3) is 0.500. The molecule has 1 aliphatic carbocycles. The van der Waals surface area contributed by atoms with Crippen LogP contribution >= 0.6 is 24.0 Å². The van der Waals surface area contributed by atoms with Gasteiger partial charge in [0.2, 0.25) is 5.91 Å². The highest BCUT2D eigenvalue weighted by atomic mass is 127. The maximum atomic E-state index is 12.0. The SMILES string of the molecule is CC(C)c1cc(CNC(=NCC(=O)N(C)C)NC2CCc3ccccc3C2)on1.I. The lowest BCUT2D eigenvalue weighted by Crippen LogP contribution is -2.46. The molecular weight excluding hydrogens is 493 g/mol. The van der Waals surface area contributed by atoms with Crippen molar-refractivity contribution in [3.8, 4) is 0 Å². The average Bonchev–Trinajstić information content (AvgIpc) is 3.19. The van der Waals surface area contributed by atoms with E-state index in [9.17, 15) is 4.79 Å². The van der Waals surface area contributed by atoms with E-state index in [-0.39, 0.29) is 42.5 Å². The summed E-state index contributed by atoms with van der Waals surface area (Å²) in [6.45, 7) is 4.72. The van der Waals surface area contributed by atoms with E-state index in [0.717, 1.165) is 30.7 Å². The molecule has 0 saturated heterocycles. The first-order chi connectivity index (χ1) is 13.9. The van der Waals surface area contributed by atoms with Gasteiger partial charge in [0.1, 0.15) is 6.54 Å². The van der Waals surface area contributed by atoms with Crippen molar-refractivity contribution >= 4 is 35.8 Å². The summed E-state index contributed by atoms with van der Waals surface area (Å²) in [4.78, 5) is 18.0. The molecule has 1 aromatic heterocycles. The number of benzene rings is 1. The van der Waals surface area contributed by atoms with Crippen molar-refractivity contribution in [2.75, 3.05) is 20.6 Å². The quantitative estimate of drug-likeness (QED) is 0.344. The van der Waals surface area contributed by atoms with E-state index >= 15 is 0 Å². The number of fused-ring (bicyclic) bond motifs is 1. The van der Waals surface area contributed by atoms with Gasteiger partial charge in [-0.2, -0.15) is 0 Å². The lowest BCUT2D eigenvalue weighted by atomic mass is 9.88. The molecule has 2 aromatic rings. The molecule has 0 fully saturated rings. The highest BCUT2D eigenvalue weighted by Crippen LogP contribution is 2.21. The third kappa shape index (κ3) is 6.72. The lowest BCUT2D eigenvalue weighted by Gasteiger charge is -2.27. The molecule has 30 heavy (non-hydrogen) atoms. The molecule has 1 aromatic carbocycles. The minimum Gasteiger partial charge on any atom is -0.359 e. The third-order valence-electron chi connectivity index (χ3n) is 5.16. The van der Waals surface area contributed by atoms with Crippen LogP contribution in [0.15, 0.2) is 39.8 Å². The summed E-state index contributed by atoms with van der Waals surface area (Å²) in [5.74, 6) is 1.64. The molecule has 8 heteroatoms. The van der Waals surface area contributed by atoms with Gasteiger partial charge in [0.05, 0.1) is 12.2 Å². The number of likely N-dealkylation sites (N-methyl/N-ethyl adjacent to an activating group) is 1. The Balaban J connectivity index is 0.00000320. The smallest absolute Gasteiger partial charge is 0.243 e. The summed E-state index contributed by atoms with van der Waals surface area (Å²) in [6, 6.07) is 10.8. The Bertz CT molecular complexity index is 863. The van der Waals surface area contributed by atoms with Crippen molar-refractivity contribution in [3.05, 3.63) is 52.9 Å². The zero-order valence-corrected chi connectivity index (χ0v) is 20.5. The second-order valence-electron chi connectivity index (χ2n) is 8.03. The standard InChI is InChI=1S/C22H31N5O2.HI/c1-15(2)20-12-19(29-26-20)13-23-22(24-14-21(28)27(3)4)25-18-10-9-16-7-5-6-8-17(16)11-18;/h5-8,12,15,18H,9-11,13-14H2,1-4H3,(H2,23,24,25);1H. The monoisotopic (exact) mass is 525 g/mol. The van der Waals surface area contributed by atoms with E-state index < -0.39 is 0 Å². The number of aliphatic imine (C=N–C) groups is 1. The maximum Gasteiger partial charge on any atom is 0.243 e. The van der Waals surface area contributed by atoms with Gasteiger partial charge in [0.25, 0.3) is 0 Å². The molecule has 164 valence electrons. The maximum absolute atomic E-state index is 12.0. The van der Waals surface area contributed by atoms with E-state index in [0.29, 0.717) is 18.4 Å². The fourth-order valence-corrected chi connectivity index (χ4v) is 3.31. The molecule has 2 N–H and O–H groups in total. The number of amides is 1. The average molecular weight is 525 g/mol. The fourth-order valence-electron chi connectivity index (χ4n) is 3.31. The molecular formula is C22H32IN5O2. The van der Waals surface area contributed by atoms with Crippen LogP contribution in [-0.4, -0.2) is 48.6 Å². The zero-order valence-electron chi connectivity index (χ0n) is 18.1. The number of aromatic nitrogens is 1. The van der Waals surface area contributed by atoms with Crippen LogP contribution in [0.4, 0.5) is 0 Å². The van der Waals surface area contributed by atoms with Gasteiger partial charge in [0.15, 0.2) is 11.7 Å². The lowest BCUT2D eigenvalue weighted by molar-refractivity contribution is -0.127. The Morgan fingerprint density at radius 3 is 2.70 bits per heavy atom. The number of aryl methyl sites for hydroxylation is 1. The predicted molar refractivity (Wildman–Crippen MR) is 129 cm³/mol. The molecule has 0 spiro atoms. The molecule has 0 radical (unpaired) electrons. The van der Waals surface area contributed by atoms with E-state index in [1.165, 1.54) is 11.1 Å². The van der Waals surface area contributed by atoms with Gasteiger partial charge in [-0.3, -0.25) is 4.79 Å². The van der Waals surface area contributed by atoms with Crippen molar-refractivity contribution in [1.82, 2.24) is 20.7 Å². The normalized spacial score (nSPS) is 15.9. The Kier molecular flexibility index (Phi) is 9.13. The first-order valence-corrected chi connectivity index (χ1v) is 10.2. The van der Waals surface area contributed by atoms with Crippen LogP contribution in [-0.2, 0) is 24.2 Å². The summed E-state index contributed by atoms with van der Waals surface area (Å²) in [7, 11) is 3.47. The first kappa shape index (κ1) is 24.2. The van der Waals surface area contributed by atoms with Gasteiger partial charge in [-0.05, 0) is 36.3 Å². The predicted octanol–water partition coefficient (Wildman–Crippen LogP) is 3.10. The number of halogens is 1. The van der Waals surface area contributed by atoms with Crippen molar-refractivity contribution in [3.63, 3.8) is 0 Å². The number of hydrogen-bond acceptors (Lipinski definition) is 4. The van der Waals surface area contributed by atoms with Gasteiger partial charge >= 0.3 is 0 Å². The molecule has 1 atom stereocenters. The van der Waals surface area contributed by atoms with Gasteiger partial charge < -0.3 is 20.1 Å². The molecule has 1 aliphatic rings. The van der Waals surface area contributed by atoms with Crippen LogP contribution in [0.3, 0.4) is 0 Å². The van der Waals surface area contributed by atoms with E-state index in [4.69, 9.17) is 4.52 Å². The summed E-state index contributed by atoms with van der Waals surface area (Å²) < 4.78 is 5.41. The number of hydrogen-bond donors (Lipinski definition) is 2. The van der Waals surface area contributed by atoms with Crippen LogP contribution in [0.1, 0.15) is 48.8 Å². The first-order valence-electron chi connectivity index (χ1n) is 10.2. The molecule has 3 rings (SSSR count). The highest BCUT2D eigenvalue weighted by Gasteiger charge is 2.19. The summed E-state index contributed by atoms with van der Waals surface area (Å²) in [5.41, 5.74) is 3.72. The molecule has 0 bridgehead atoms. The minimum atomic E-state index is -0.0400. The van der Waals surface area contributed by atoms with E-state index in [1.807, 2.05) is 6.07 Å². The molecule has 1 heterocycles. The van der Waals surface area contributed by atoms with Gasteiger partial charge in [0, 0.05) is 26.2 Å². The number of rotatable bonds is 6. The van der Waals surface area contributed by atoms with Crippen LogP contribution < -0.4 is 10.6 Å². The number of carbonyl (C=O) groups excluding carboxylic acids is 1. The minimum absolute atomic E-state index is 0. The molecule has 0 saturated carbocycles. The van der Waals surface area contributed by atoms with Crippen LogP contribution in [0.2, 0.25) is 0 Å². The number of nitrogens with one attached hydrogen (secondary N) is 2. The van der Waals surface area contributed by atoms with Crippen LogP contribution in [0.5, 0.6) is 0 Å². The summed E-state index contributed by atoms with van der Waals surface area (Å²) in [5, 5.41) is 10.9. The van der Waals surface area contributed by atoms with E-state index in [1.54, 1.807) is 19.0 Å². The second kappa shape index (κ2) is 11.3. The van der Waals surface area contributed by atoms with E-state index in [2.05, 4.69) is 58.9 Å². The Morgan fingerprint density at radius 2 is 2.03 bits per heavy atom. The van der Waals surface area contributed by atoms with Crippen molar-refractivity contribution < 1.29 is 9.32 Å². The molecule has 7 nitrogen and oxygen atoms in total. The van der Waals surface area contributed by atoms with Crippen LogP contribution in [0.25, 0.3) is 0 Å². The van der Waals surface area contributed by atoms with Crippen molar-refractivity contribution in [1.29, 1.82) is 0 Å². The Hall–Kier alpha value is -2.10. The molecule has 0 aliphatic heterocycles. The van der Waals surface area contributed by atoms with Crippen LogP contribution in [0, 0.1) is 0 Å². The zero-order chi connectivity index (χ0) is 20.8. The van der Waals surface area contributed by atoms with Crippen molar-refractivity contribution in [2.24, 2.45) is 4.99 Å². The third-order valence-corrected chi connectivity index (χ3v) is 5.16. The van der Waals surface area contributed by atoms with Crippen molar-refractivity contribution in [2.45, 2.75) is 51.6 Å². The highest BCUT2D eigenvalue weighted by molar-refractivity contribution is 14.0. The number of nitrogens with zero attached hydrogens (tertiary/aromatic N) is 3. The van der Waals surface area contributed by atoms with Gasteiger partial charge in [-0.25, -0.2) is 4.99 Å². The van der Waals surface area contributed by atoms with Gasteiger partial charge in [-0.1, -0.05) is 43.3 Å². The summed E-state index contributed by atoms with van der Waals surface area (Å²) in [6.07, 6.45) is 3.01. The number of guanidine groups is 1. The molecule has 1 amide bonds. The van der Waals surface area contributed by atoms with Gasteiger partial charge in [-0.15, -0.1) is 24.0 Å². The number of carbonyl (C=O) groups is 1. The summed E-state index contributed by atoms with van der Waals surface area (Å²) >= 11 is 0. The molecule has 1 unspecified atom stereocenters. The largest absolute Gasteiger partial charge is 0.359 e. The Morgan fingerprint density at radius 1 is 1.30 bits per heavy atom. The topological polar surface area (TPSA) is 82.8 Å². The second-order valence-corrected chi connectivity index (χ2v) is 8.03. The Labute approximate surface area is 195 Å².